The number of rotatable bonds is 4. The van der Waals surface area contributed by atoms with Crippen molar-refractivity contribution in [3.8, 4) is 0 Å². The van der Waals surface area contributed by atoms with Crippen LogP contribution in [0.1, 0.15) is 46.5 Å². The third-order valence-electron chi connectivity index (χ3n) is 5.22. The van der Waals surface area contributed by atoms with E-state index in [1.807, 2.05) is 0 Å². The zero-order valence-electron chi connectivity index (χ0n) is 13.6. The van der Waals surface area contributed by atoms with E-state index >= 15 is 0 Å². The van der Waals surface area contributed by atoms with Crippen LogP contribution < -0.4 is 5.32 Å². The molecule has 2 rings (SSSR count). The van der Waals surface area contributed by atoms with Gasteiger partial charge in [-0.05, 0) is 51.7 Å². The normalized spacial score (nSPS) is 36.0. The molecule has 1 heterocycles. The molecule has 0 spiro atoms. The summed E-state index contributed by atoms with van der Waals surface area (Å²) in [7, 11) is 4.45. The SMILES string of the molecule is CCNC1CCC(C)(C)CC1N1CCC(N(C)C)C1. The molecule has 19 heavy (non-hydrogen) atoms. The summed E-state index contributed by atoms with van der Waals surface area (Å²) >= 11 is 0. The Kier molecular flexibility index (Phi) is 4.91. The summed E-state index contributed by atoms with van der Waals surface area (Å²) in [6.45, 7) is 10.8. The van der Waals surface area contributed by atoms with E-state index in [1.54, 1.807) is 0 Å². The Morgan fingerprint density at radius 3 is 2.58 bits per heavy atom. The molecule has 1 saturated carbocycles. The lowest BCUT2D eigenvalue weighted by Crippen LogP contribution is -2.54. The molecule has 0 aromatic carbocycles. The summed E-state index contributed by atoms with van der Waals surface area (Å²) in [5.74, 6) is 0. The molecule has 3 atom stereocenters. The Hall–Kier alpha value is -0.120. The van der Waals surface area contributed by atoms with Crippen molar-refractivity contribution in [2.75, 3.05) is 33.7 Å². The second-order valence-corrected chi connectivity index (χ2v) is 7.54. The predicted octanol–water partition coefficient (Wildman–Crippen LogP) is 2.18. The van der Waals surface area contributed by atoms with Crippen LogP contribution in [0.2, 0.25) is 0 Å². The van der Waals surface area contributed by atoms with Crippen LogP contribution in [-0.4, -0.2) is 61.7 Å². The summed E-state index contributed by atoms with van der Waals surface area (Å²) in [6, 6.07) is 2.21. The van der Waals surface area contributed by atoms with Gasteiger partial charge in [-0.1, -0.05) is 20.8 Å². The maximum Gasteiger partial charge on any atom is 0.0255 e. The molecule has 1 aliphatic carbocycles. The highest BCUT2D eigenvalue weighted by molar-refractivity contribution is 4.97. The molecule has 0 aromatic heterocycles. The van der Waals surface area contributed by atoms with Gasteiger partial charge in [0.25, 0.3) is 0 Å². The molecule has 0 aromatic rings. The van der Waals surface area contributed by atoms with Crippen molar-refractivity contribution in [2.45, 2.75) is 64.6 Å². The summed E-state index contributed by atoms with van der Waals surface area (Å²) in [5, 5.41) is 3.74. The van der Waals surface area contributed by atoms with Gasteiger partial charge in [0, 0.05) is 31.2 Å². The van der Waals surface area contributed by atoms with E-state index in [-0.39, 0.29) is 0 Å². The molecule has 0 amide bonds. The minimum atomic E-state index is 0.521. The number of likely N-dealkylation sites (tertiary alicyclic amines) is 1. The molecule has 2 aliphatic rings. The van der Waals surface area contributed by atoms with E-state index in [9.17, 15) is 0 Å². The van der Waals surface area contributed by atoms with Gasteiger partial charge in [-0.2, -0.15) is 0 Å². The van der Waals surface area contributed by atoms with Crippen LogP contribution in [0.4, 0.5) is 0 Å². The fourth-order valence-electron chi connectivity index (χ4n) is 3.92. The van der Waals surface area contributed by atoms with Gasteiger partial charge >= 0.3 is 0 Å². The first-order chi connectivity index (χ1) is 8.93. The average molecular weight is 267 g/mol. The summed E-state index contributed by atoms with van der Waals surface area (Å²) in [4.78, 5) is 5.16. The molecule has 2 fully saturated rings. The van der Waals surface area contributed by atoms with Crippen molar-refractivity contribution in [3.63, 3.8) is 0 Å². The molecule has 112 valence electrons. The molecule has 3 heteroatoms. The molecular formula is C16H33N3. The Bertz CT molecular complexity index is 288. The number of nitrogens with zero attached hydrogens (tertiary/aromatic N) is 2. The fourth-order valence-corrected chi connectivity index (χ4v) is 3.92. The van der Waals surface area contributed by atoms with Gasteiger partial charge in [0.2, 0.25) is 0 Å². The van der Waals surface area contributed by atoms with E-state index in [0.717, 1.165) is 18.6 Å². The van der Waals surface area contributed by atoms with E-state index in [1.165, 1.54) is 38.8 Å². The molecule has 3 nitrogen and oxygen atoms in total. The van der Waals surface area contributed by atoms with Crippen molar-refractivity contribution >= 4 is 0 Å². The Morgan fingerprint density at radius 2 is 2.00 bits per heavy atom. The third-order valence-corrected chi connectivity index (χ3v) is 5.22. The first-order valence-corrected chi connectivity index (χ1v) is 8.07. The Labute approximate surface area is 119 Å². The summed E-state index contributed by atoms with van der Waals surface area (Å²) < 4.78 is 0. The largest absolute Gasteiger partial charge is 0.313 e. The highest BCUT2D eigenvalue weighted by Crippen LogP contribution is 2.38. The number of hydrogen-bond acceptors (Lipinski definition) is 3. The minimum absolute atomic E-state index is 0.521. The zero-order chi connectivity index (χ0) is 14.0. The predicted molar refractivity (Wildman–Crippen MR) is 82.5 cm³/mol. The first-order valence-electron chi connectivity index (χ1n) is 8.07. The minimum Gasteiger partial charge on any atom is -0.313 e. The Morgan fingerprint density at radius 1 is 1.26 bits per heavy atom. The van der Waals surface area contributed by atoms with E-state index < -0.39 is 0 Å². The zero-order valence-corrected chi connectivity index (χ0v) is 13.6. The van der Waals surface area contributed by atoms with Crippen molar-refractivity contribution < 1.29 is 0 Å². The molecule has 1 saturated heterocycles. The van der Waals surface area contributed by atoms with Gasteiger partial charge in [-0.15, -0.1) is 0 Å². The monoisotopic (exact) mass is 267 g/mol. The standard InChI is InChI=1S/C16H33N3/c1-6-17-14-7-9-16(2,3)11-15(14)19-10-8-13(12-19)18(4)5/h13-15,17H,6-12H2,1-5H3. The van der Waals surface area contributed by atoms with Crippen LogP contribution in [0.3, 0.4) is 0 Å². The highest BCUT2D eigenvalue weighted by Gasteiger charge is 2.40. The lowest BCUT2D eigenvalue weighted by Gasteiger charge is -2.45. The molecule has 1 N–H and O–H groups in total. The lowest BCUT2D eigenvalue weighted by atomic mass is 9.72. The van der Waals surface area contributed by atoms with E-state index in [4.69, 9.17) is 0 Å². The first kappa shape index (κ1) is 15.3. The maximum absolute atomic E-state index is 3.74. The van der Waals surface area contributed by atoms with Crippen molar-refractivity contribution in [2.24, 2.45) is 5.41 Å². The molecular weight excluding hydrogens is 234 g/mol. The summed E-state index contributed by atoms with van der Waals surface area (Å²) in [6.07, 6.45) is 5.40. The fraction of sp³-hybridized carbons (Fsp3) is 1.00. The van der Waals surface area contributed by atoms with Crippen molar-refractivity contribution in [1.29, 1.82) is 0 Å². The molecule has 0 bridgehead atoms. The lowest BCUT2D eigenvalue weighted by molar-refractivity contribution is 0.0770. The van der Waals surface area contributed by atoms with Crippen LogP contribution in [0.15, 0.2) is 0 Å². The van der Waals surface area contributed by atoms with Gasteiger partial charge in [-0.3, -0.25) is 4.90 Å². The van der Waals surface area contributed by atoms with Crippen LogP contribution in [0, 0.1) is 5.41 Å². The Balaban J connectivity index is 2.01. The summed E-state index contributed by atoms with van der Waals surface area (Å²) in [5.41, 5.74) is 0.521. The number of nitrogens with one attached hydrogen (secondary N) is 1. The van der Waals surface area contributed by atoms with Gasteiger partial charge in [0.05, 0.1) is 0 Å². The number of hydrogen-bond donors (Lipinski definition) is 1. The second-order valence-electron chi connectivity index (χ2n) is 7.54. The van der Waals surface area contributed by atoms with E-state index in [2.05, 4.69) is 50.0 Å². The highest BCUT2D eigenvalue weighted by atomic mass is 15.3. The van der Waals surface area contributed by atoms with Crippen molar-refractivity contribution in [1.82, 2.24) is 15.1 Å². The van der Waals surface area contributed by atoms with Gasteiger partial charge < -0.3 is 10.2 Å². The third kappa shape index (κ3) is 3.71. The van der Waals surface area contributed by atoms with Crippen LogP contribution in [0.25, 0.3) is 0 Å². The van der Waals surface area contributed by atoms with Crippen LogP contribution >= 0.6 is 0 Å². The van der Waals surface area contributed by atoms with E-state index in [0.29, 0.717) is 11.5 Å². The average Bonchev–Trinajstić information content (AvgIpc) is 2.81. The van der Waals surface area contributed by atoms with Crippen LogP contribution in [0.5, 0.6) is 0 Å². The molecule has 3 unspecified atom stereocenters. The maximum atomic E-state index is 3.74. The smallest absolute Gasteiger partial charge is 0.0255 e. The molecule has 0 radical (unpaired) electrons. The quantitative estimate of drug-likeness (QED) is 0.842. The van der Waals surface area contributed by atoms with Gasteiger partial charge in [-0.25, -0.2) is 0 Å². The van der Waals surface area contributed by atoms with Crippen molar-refractivity contribution in [3.05, 3.63) is 0 Å². The molecule has 1 aliphatic heterocycles. The number of likely N-dealkylation sites (N-methyl/N-ethyl adjacent to an activating group) is 2. The second kappa shape index (κ2) is 6.11. The van der Waals surface area contributed by atoms with Gasteiger partial charge in [0.1, 0.15) is 0 Å². The van der Waals surface area contributed by atoms with Gasteiger partial charge in [0.15, 0.2) is 0 Å². The van der Waals surface area contributed by atoms with Crippen LogP contribution in [-0.2, 0) is 0 Å². The topological polar surface area (TPSA) is 18.5 Å².